The molecule has 1 radical (unpaired) electrons. The zero-order chi connectivity index (χ0) is 7.28. The van der Waals surface area contributed by atoms with Gasteiger partial charge in [0.25, 0.3) is 0 Å². The van der Waals surface area contributed by atoms with Crippen molar-refractivity contribution in [2.24, 2.45) is 5.73 Å². The summed E-state index contributed by atoms with van der Waals surface area (Å²) >= 11 is 0. The van der Waals surface area contributed by atoms with Crippen molar-refractivity contribution < 1.29 is 9.59 Å². The number of nitrogens with zero attached hydrogens (tertiary/aromatic N) is 1. The Morgan fingerprint density at radius 2 is 2.44 bits per heavy atom. The Morgan fingerprint density at radius 3 is 2.56 bits per heavy atom. The summed E-state index contributed by atoms with van der Waals surface area (Å²) in [5.74, 6) is 0. The Labute approximate surface area is 52.9 Å². The zero-order valence-corrected chi connectivity index (χ0v) is 4.83. The highest BCUT2D eigenvalue weighted by atomic mass is 16.2. The highest BCUT2D eigenvalue weighted by molar-refractivity contribution is 5.83. The van der Waals surface area contributed by atoms with E-state index in [2.05, 4.69) is 6.58 Å². The van der Waals surface area contributed by atoms with Gasteiger partial charge in [0.2, 0.25) is 0 Å². The van der Waals surface area contributed by atoms with E-state index in [0.29, 0.717) is 4.90 Å². The van der Waals surface area contributed by atoms with Gasteiger partial charge in [-0.25, -0.2) is 4.79 Å². The average molecular weight is 127 g/mol. The first-order chi connectivity index (χ1) is 4.22. The Bertz CT molecular complexity index is 133. The van der Waals surface area contributed by atoms with Crippen molar-refractivity contribution in [3.63, 3.8) is 0 Å². The number of carbonyl (C=O) groups is 1. The van der Waals surface area contributed by atoms with E-state index in [4.69, 9.17) is 5.73 Å². The van der Waals surface area contributed by atoms with Crippen molar-refractivity contribution in [1.29, 1.82) is 0 Å². The maximum Gasteiger partial charge on any atom is 0.322 e. The number of hydrogen-bond acceptors (Lipinski definition) is 2. The van der Waals surface area contributed by atoms with E-state index < -0.39 is 6.03 Å². The van der Waals surface area contributed by atoms with Crippen LogP contribution in [0.1, 0.15) is 0 Å². The molecule has 0 heterocycles. The molecule has 0 saturated heterocycles. The molecule has 0 aromatic carbocycles. The van der Waals surface area contributed by atoms with Crippen LogP contribution in [0.2, 0.25) is 0 Å². The number of amides is 3. The normalized spacial score (nSPS) is 8.00. The van der Waals surface area contributed by atoms with Gasteiger partial charge in [-0.05, 0) is 0 Å². The van der Waals surface area contributed by atoms with Crippen molar-refractivity contribution in [3.8, 4) is 0 Å². The molecule has 9 heavy (non-hydrogen) atoms. The summed E-state index contributed by atoms with van der Waals surface area (Å²) in [4.78, 5) is 20.6. The van der Waals surface area contributed by atoms with Gasteiger partial charge in [0.1, 0.15) is 0 Å². The van der Waals surface area contributed by atoms with Crippen LogP contribution in [-0.4, -0.2) is 23.9 Å². The molecule has 0 aromatic heterocycles. The van der Waals surface area contributed by atoms with Crippen molar-refractivity contribution in [3.05, 3.63) is 12.7 Å². The lowest BCUT2D eigenvalue weighted by molar-refractivity contribution is 0.231. The zero-order valence-electron chi connectivity index (χ0n) is 4.83. The third kappa shape index (κ3) is 2.48. The van der Waals surface area contributed by atoms with Gasteiger partial charge in [-0.3, -0.25) is 9.69 Å². The van der Waals surface area contributed by atoms with Crippen LogP contribution in [0.25, 0.3) is 0 Å². The second-order valence-corrected chi connectivity index (χ2v) is 1.33. The Kier molecular flexibility index (Phi) is 3.12. The van der Waals surface area contributed by atoms with Crippen LogP contribution in [0.3, 0.4) is 0 Å². The topological polar surface area (TPSA) is 63.4 Å². The predicted octanol–water partition coefficient (Wildman–Crippen LogP) is -0.380. The maximum atomic E-state index is 10.2. The lowest BCUT2D eigenvalue weighted by Crippen LogP contribution is -2.34. The lowest BCUT2D eigenvalue weighted by atomic mass is 10.6. The summed E-state index contributed by atoms with van der Waals surface area (Å²) in [6, 6.07) is -0.815. The Hall–Kier alpha value is -1.32. The molecule has 0 aliphatic carbocycles. The van der Waals surface area contributed by atoms with Crippen molar-refractivity contribution in [2.45, 2.75) is 0 Å². The van der Waals surface area contributed by atoms with Crippen LogP contribution < -0.4 is 5.73 Å². The summed E-state index contributed by atoms with van der Waals surface area (Å²) < 4.78 is 0. The van der Waals surface area contributed by atoms with Crippen LogP contribution >= 0.6 is 0 Å². The second-order valence-electron chi connectivity index (χ2n) is 1.33. The monoisotopic (exact) mass is 127 g/mol. The van der Waals surface area contributed by atoms with Gasteiger partial charge in [0.15, 0.2) is 0 Å². The van der Waals surface area contributed by atoms with Crippen LogP contribution in [0.15, 0.2) is 12.7 Å². The summed E-state index contributed by atoms with van der Waals surface area (Å²) in [7, 11) is 0. The number of urea groups is 1. The smallest absolute Gasteiger partial charge is 0.322 e. The van der Waals surface area contributed by atoms with Crippen LogP contribution in [0, 0.1) is 0 Å². The molecule has 3 amide bonds. The first-order valence-electron chi connectivity index (χ1n) is 2.28. The minimum Gasteiger partial charge on any atom is -0.351 e. The highest BCUT2D eigenvalue weighted by Crippen LogP contribution is 1.80. The lowest BCUT2D eigenvalue weighted by Gasteiger charge is -2.05. The fraction of sp³-hybridized carbons (Fsp3) is 0.200. The summed E-state index contributed by atoms with van der Waals surface area (Å²) in [6.45, 7) is 3.41. The molecule has 2 N–H and O–H groups in total. The molecule has 0 aromatic rings. The number of rotatable bonds is 3. The van der Waals surface area contributed by atoms with Gasteiger partial charge in [-0.1, -0.05) is 6.08 Å². The molecule has 49 valence electrons. The number of nitrogens with two attached hydrogens (primary N) is 1. The molecular weight excluding hydrogens is 120 g/mol. The molecule has 4 nitrogen and oxygen atoms in total. The molecule has 0 unspecified atom stereocenters. The highest BCUT2D eigenvalue weighted by Gasteiger charge is 2.04. The van der Waals surface area contributed by atoms with Crippen LogP contribution in [0.4, 0.5) is 4.79 Å². The summed E-state index contributed by atoms with van der Waals surface area (Å²) in [6.07, 6.45) is 2.72. The first kappa shape index (κ1) is 7.68. The fourth-order valence-electron chi connectivity index (χ4n) is 0.301. The van der Waals surface area contributed by atoms with Crippen molar-refractivity contribution in [1.82, 2.24) is 4.90 Å². The number of carbonyl (C=O) groups excluding carboxylic acids is 2. The van der Waals surface area contributed by atoms with Gasteiger partial charge in [0, 0.05) is 6.54 Å². The van der Waals surface area contributed by atoms with Crippen molar-refractivity contribution >= 4 is 12.4 Å². The van der Waals surface area contributed by atoms with Crippen LogP contribution in [-0.2, 0) is 4.79 Å². The Balaban J connectivity index is 3.81. The van der Waals surface area contributed by atoms with Gasteiger partial charge >= 0.3 is 12.4 Å². The van der Waals surface area contributed by atoms with Gasteiger partial charge < -0.3 is 5.73 Å². The average Bonchev–Trinajstić information content (AvgIpc) is 1.82. The number of primary amides is 1. The minimum absolute atomic E-state index is 0.110. The third-order valence-electron chi connectivity index (χ3n) is 0.688. The van der Waals surface area contributed by atoms with Gasteiger partial charge in [0.05, 0.1) is 0 Å². The summed E-state index contributed by atoms with van der Waals surface area (Å²) in [5, 5.41) is 0. The van der Waals surface area contributed by atoms with E-state index in [1.807, 2.05) is 0 Å². The van der Waals surface area contributed by atoms with Gasteiger partial charge in [-0.2, -0.15) is 0 Å². The number of imide groups is 1. The maximum absolute atomic E-state index is 10.2. The molecule has 0 saturated carbocycles. The molecule has 0 bridgehead atoms. The molecule has 0 aliphatic heterocycles. The molecule has 0 rings (SSSR count). The third-order valence-corrected chi connectivity index (χ3v) is 0.688. The molecular formula is C5H7N2O2. The van der Waals surface area contributed by atoms with Gasteiger partial charge in [-0.15, -0.1) is 6.58 Å². The molecule has 4 heteroatoms. The second kappa shape index (κ2) is 3.65. The van der Waals surface area contributed by atoms with E-state index in [0.717, 1.165) is 0 Å². The largest absolute Gasteiger partial charge is 0.351 e. The first-order valence-corrected chi connectivity index (χ1v) is 2.28. The fourth-order valence-corrected chi connectivity index (χ4v) is 0.301. The van der Waals surface area contributed by atoms with Crippen molar-refractivity contribution in [2.75, 3.05) is 6.54 Å². The van der Waals surface area contributed by atoms with Crippen LogP contribution in [0.5, 0.6) is 0 Å². The van der Waals surface area contributed by atoms with E-state index in [1.165, 1.54) is 12.5 Å². The van der Waals surface area contributed by atoms with E-state index in [9.17, 15) is 9.59 Å². The standard InChI is InChI=1S/C5H7N2O2/c1-2-3-7(4-8)5(6)9/h2H,1,3H2,(H2,6,9). The van der Waals surface area contributed by atoms with E-state index in [1.54, 1.807) is 0 Å². The summed E-state index contributed by atoms with van der Waals surface area (Å²) in [5.41, 5.74) is 4.71. The SMILES string of the molecule is C=CCN([C]=O)C(N)=O. The molecule has 0 fully saturated rings. The molecule has 0 atom stereocenters. The number of hydrogen-bond donors (Lipinski definition) is 1. The quantitative estimate of drug-likeness (QED) is 0.415. The molecule has 0 aliphatic rings. The van der Waals surface area contributed by atoms with E-state index in [-0.39, 0.29) is 6.54 Å². The minimum atomic E-state index is -0.815. The Morgan fingerprint density at radius 1 is 1.89 bits per heavy atom. The predicted molar refractivity (Wildman–Crippen MR) is 32.2 cm³/mol. The van der Waals surface area contributed by atoms with E-state index >= 15 is 0 Å². The molecule has 0 spiro atoms.